The van der Waals surface area contributed by atoms with Crippen molar-refractivity contribution in [2.75, 3.05) is 0 Å². The highest BCUT2D eigenvalue weighted by atomic mass is 12.0. The highest BCUT2D eigenvalue weighted by Gasteiger charge is -0.0736. The van der Waals surface area contributed by atoms with Crippen LogP contribution < -0.4 is 0 Å². The first-order valence-electron chi connectivity index (χ1n) is 0. The van der Waals surface area contributed by atoms with Gasteiger partial charge in [-0.2, -0.15) is 0 Å². The third-order valence-corrected chi connectivity index (χ3v) is 0. The molecule has 0 saturated carbocycles. The first-order chi connectivity index (χ1) is 0. The lowest BCUT2D eigenvalue weighted by Crippen LogP contribution is 0.143. The van der Waals surface area contributed by atoms with Crippen LogP contribution in [0.2, 0.25) is 0 Å². The molecule has 0 nitrogen and oxygen atoms in total. The summed E-state index contributed by atoms with van der Waals surface area (Å²) in [4.78, 5) is 0. The zero-order valence-corrected chi connectivity index (χ0v) is 0. The molecule has 0 spiro atoms. The second kappa shape index (κ2) is 0. The van der Waals surface area contributed by atoms with Gasteiger partial charge in [-0.1, -0.05) is 37.1 Å². The van der Waals surface area contributed by atoms with Crippen LogP contribution in [0.1, 0.15) is 40.0 Å². The predicted octanol–water partition coefficient (Wildman–Crippen LogP) is 3.67. The van der Waals surface area contributed by atoms with Gasteiger partial charge in [0.2, 0.25) is 0 Å². The van der Waals surface area contributed by atoms with Gasteiger partial charge in [0.25, 0.3) is 0 Å². The maximum Gasteiger partial charge on any atom is 0 e. The van der Waals surface area contributed by atoms with Gasteiger partial charge in [-0.3, -0.25) is 0 Å². The van der Waals surface area contributed by atoms with Gasteiger partial charge in [-0.05, 0) is 0 Å². The first-order valence-corrected chi connectivity index (χ1v) is 0. The van der Waals surface area contributed by atoms with Gasteiger partial charge in [-0.25, -0.2) is 0 Å². The van der Waals surface area contributed by atoms with Crippen molar-refractivity contribution < 1.29 is 2.85 Å². The molecule has 44 valence electrons. The van der Waals surface area contributed by atoms with E-state index in [1.165, 1.54) is 0 Å². The Hall–Kier alpha value is 0. The van der Waals surface area contributed by atoms with E-state index in [1.807, 2.05) is 0 Å². The van der Waals surface area contributed by atoms with Crippen molar-refractivity contribution in [1.29, 1.82) is 0 Å². The highest BCUT2D eigenvalue weighted by molar-refractivity contribution is 2.51. The minimum absolute atomic E-state index is 0. The van der Waals surface area contributed by atoms with Crippen LogP contribution >= 0.6 is 0 Å². The monoisotopic (exact) mass is 88.2 g/mol. The molecule has 0 saturated heterocycles. The largest absolute Gasteiger partial charge is 0.0776 e. The van der Waals surface area contributed by atoms with Gasteiger partial charge < -0.3 is 0 Å². The molecule has 0 N–H and O–H groups in total. The maximum absolute atomic E-state index is 0. The Morgan fingerprint density at radius 2 is 0.400 bits per heavy atom. The van der Waals surface area contributed by atoms with Crippen LogP contribution in [-0.4, -0.2) is 0 Å². The Bertz CT molecular complexity index is 6.04. The van der Waals surface area contributed by atoms with Crippen LogP contribution in [0.15, 0.2) is 0 Å². The summed E-state index contributed by atoms with van der Waals surface area (Å²) < 4.78 is 0. The molecule has 0 unspecified atom stereocenters. The molecule has 0 atom stereocenters. The molecule has 0 bridgehead atoms. The van der Waals surface area contributed by atoms with E-state index in [0.717, 1.165) is 0 Å². The van der Waals surface area contributed by atoms with Gasteiger partial charge in [0.05, 0.1) is 0 Å². The third-order valence-electron chi connectivity index (χ3n) is 0. The van der Waals surface area contributed by atoms with E-state index in [0.29, 0.717) is 0 Å². The molecular formula is C5H24. The first kappa shape index (κ1) is 0. The average Bonchev–Trinajstić information content (AvgIpc) is 0. The Morgan fingerprint density at radius 3 is 0.400 bits per heavy atom. The number of hydrogen-bond acceptors (Lipinski definition) is 0. The molecule has 0 rings (SSSR count). The number of rotatable bonds is 0. The van der Waals surface area contributed by atoms with Crippen molar-refractivity contribution in [3.05, 3.63) is 0 Å². The van der Waals surface area contributed by atoms with Gasteiger partial charge in [0.15, 0.2) is 0 Å². The van der Waals surface area contributed by atoms with Crippen LogP contribution in [-0.2, 0) is 0 Å². The lowest BCUT2D eigenvalue weighted by atomic mass is 12.0. The molecule has 5 heavy (non-hydrogen) atoms. The summed E-state index contributed by atoms with van der Waals surface area (Å²) in [6.45, 7) is 0. The van der Waals surface area contributed by atoms with E-state index >= 15 is 0 Å². The minimum atomic E-state index is 0. The SMILES string of the molecule is C.C.C.C.C.[3HH].[3HH]. The fourth-order valence-electron chi connectivity index (χ4n) is 0. The summed E-state index contributed by atoms with van der Waals surface area (Å²) >= 11 is 0. The highest BCUT2D eigenvalue weighted by Crippen LogP contribution is 0.148. The van der Waals surface area contributed by atoms with Crippen molar-refractivity contribution in [2.24, 2.45) is 0 Å². The minimum Gasteiger partial charge on any atom is -0.0776 e. The smallest absolute Gasteiger partial charge is 0 e. The van der Waals surface area contributed by atoms with Crippen LogP contribution in [0.5, 0.6) is 0 Å². The summed E-state index contributed by atoms with van der Waals surface area (Å²) in [5, 5.41) is 0. The third kappa shape index (κ3) is 0. The second-order valence-corrected chi connectivity index (χ2v) is 0. The Kier molecular flexibility index (Phi) is 0. The van der Waals surface area contributed by atoms with E-state index in [-0.39, 0.29) is 40.0 Å². The standard InChI is InChI=1S/5CH4.2H2/h5*1H4;2*1H/i;;;;;2*1+2. The van der Waals surface area contributed by atoms with Crippen molar-refractivity contribution in [3.8, 4) is 0 Å². The fourth-order valence-corrected chi connectivity index (χ4v) is 0. The zero-order valence-electron chi connectivity index (χ0n) is 0. The Morgan fingerprint density at radius 1 is 0.400 bits per heavy atom. The fraction of sp³-hybridized carbons (Fsp3) is 1.00. The molecule has 0 aromatic heterocycles. The van der Waals surface area contributed by atoms with Crippen LogP contribution in [0.3, 0.4) is 0 Å². The average molecular weight is 88.3 g/mol. The Balaban J connectivity index is 0. The van der Waals surface area contributed by atoms with Crippen molar-refractivity contribution >= 4 is 0 Å². The van der Waals surface area contributed by atoms with Crippen molar-refractivity contribution in [3.63, 3.8) is 0 Å². The quantitative estimate of drug-likeness (QED) is 0.424. The molecule has 0 heterocycles. The van der Waals surface area contributed by atoms with Crippen molar-refractivity contribution in [2.45, 2.75) is 37.1 Å². The second-order valence-electron chi connectivity index (χ2n) is 0. The Labute approximate surface area is 41.2 Å². The maximum atomic E-state index is 0. The van der Waals surface area contributed by atoms with E-state index in [4.69, 9.17) is 0 Å². The molecule has 0 aliphatic heterocycles. The summed E-state index contributed by atoms with van der Waals surface area (Å²) in [5.74, 6) is 0. The van der Waals surface area contributed by atoms with Gasteiger partial charge >= 0.3 is 0 Å². The summed E-state index contributed by atoms with van der Waals surface area (Å²) in [7, 11) is 0. The molecule has 0 aromatic carbocycles. The van der Waals surface area contributed by atoms with E-state index in [2.05, 4.69) is 0 Å². The van der Waals surface area contributed by atoms with Crippen LogP contribution in [0.4, 0.5) is 0 Å². The van der Waals surface area contributed by atoms with Gasteiger partial charge in [-0.15, -0.1) is 0 Å². The summed E-state index contributed by atoms with van der Waals surface area (Å²) in [5.41, 5.74) is 0. The van der Waals surface area contributed by atoms with Crippen LogP contribution in [0.25, 0.3) is 0 Å². The lowest BCUT2D eigenvalue weighted by Gasteiger charge is -0.0786. The van der Waals surface area contributed by atoms with Crippen LogP contribution in [0, 0.1) is 0 Å². The molecule has 0 aromatic rings. The van der Waals surface area contributed by atoms with Gasteiger partial charge in [0.1, 0.15) is 0 Å². The van der Waals surface area contributed by atoms with E-state index < -0.39 is 0 Å². The van der Waals surface area contributed by atoms with E-state index in [9.17, 15) is 0 Å². The zero-order chi connectivity index (χ0) is 0. The lowest BCUT2D eigenvalue weighted by molar-refractivity contribution is 2.50. The molecule has 0 amide bonds. The van der Waals surface area contributed by atoms with Gasteiger partial charge in [0, 0.05) is 2.85 Å². The van der Waals surface area contributed by atoms with Crippen molar-refractivity contribution in [1.82, 2.24) is 0 Å². The normalized spacial score (nSPS) is 0. The molecule has 0 aliphatic rings. The molecular weight excluding hydrogens is 60.1 g/mol. The molecule has 0 heteroatoms. The van der Waals surface area contributed by atoms with E-state index in [1.54, 1.807) is 0 Å². The summed E-state index contributed by atoms with van der Waals surface area (Å²) in [6.07, 6.45) is 0. The number of hydrogen-bond donors (Lipinski definition) is 0. The summed E-state index contributed by atoms with van der Waals surface area (Å²) in [6, 6.07) is 0. The molecule has 0 radical (unpaired) electrons. The topological polar surface area (TPSA) is 0 Å². The predicted molar refractivity (Wildman–Crippen MR) is 37.9 cm³/mol. The molecule has 0 fully saturated rings. The molecule has 0 aliphatic carbocycles.